The quantitative estimate of drug-likeness (QED) is 0.548. The number of alkyl halides is 7. The molecule has 174 valence electrons. The highest BCUT2D eigenvalue weighted by Gasteiger charge is 2.56. The average molecular weight is 465 g/mol. The molecule has 0 bridgehead atoms. The Hall–Kier alpha value is -2.66. The molecule has 0 aromatic carbocycles. The molecule has 3 rings (SSSR count). The highest BCUT2D eigenvalue weighted by molar-refractivity contribution is 5.78. The van der Waals surface area contributed by atoms with Crippen molar-refractivity contribution in [2.75, 3.05) is 12.8 Å². The molecule has 0 radical (unpaired) electrons. The zero-order chi connectivity index (χ0) is 23.5. The number of methoxy groups -OCH3 is 1. The summed E-state index contributed by atoms with van der Waals surface area (Å²) in [7, 11) is 0.981. The number of aliphatic hydroxyl groups excluding tert-OH is 2. The van der Waals surface area contributed by atoms with Crippen molar-refractivity contribution in [2.24, 2.45) is 0 Å². The number of imidazole rings is 1. The predicted molar refractivity (Wildman–Crippen MR) is 85.7 cm³/mol. The molecular weight excluding hydrogens is 451 g/mol. The Morgan fingerprint density at radius 2 is 1.87 bits per heavy atom. The van der Waals surface area contributed by atoms with E-state index in [-0.39, 0.29) is 9.13 Å². The Morgan fingerprint density at radius 3 is 2.39 bits per heavy atom. The number of halogens is 7. The lowest BCUT2D eigenvalue weighted by molar-refractivity contribution is -0.241. The van der Waals surface area contributed by atoms with Gasteiger partial charge in [-0.15, -0.1) is 0 Å². The average Bonchev–Trinajstić information content (AvgIpc) is 3.06. The van der Waals surface area contributed by atoms with Gasteiger partial charge in [-0.05, 0) is 0 Å². The molecule has 0 spiro atoms. The maximum Gasteiger partial charge on any atom is 0.417 e. The van der Waals surface area contributed by atoms with Gasteiger partial charge in [0.15, 0.2) is 29.7 Å². The summed E-state index contributed by atoms with van der Waals surface area (Å²) in [5.74, 6) is -1.21. The highest BCUT2D eigenvalue weighted by Crippen LogP contribution is 2.39. The summed E-state index contributed by atoms with van der Waals surface area (Å²) in [5.41, 5.74) is 2.45. The first kappa shape index (κ1) is 23.0. The summed E-state index contributed by atoms with van der Waals surface area (Å²) in [4.78, 5) is 19.8. The van der Waals surface area contributed by atoms with Crippen LogP contribution in [0.15, 0.2) is 4.79 Å². The van der Waals surface area contributed by atoms with E-state index >= 15 is 0 Å². The van der Waals surface area contributed by atoms with Crippen molar-refractivity contribution in [2.45, 2.75) is 49.6 Å². The molecule has 31 heavy (non-hydrogen) atoms. The molecule has 0 aliphatic carbocycles. The molecular formula is C14H14F7N5O5. The lowest BCUT2D eigenvalue weighted by Crippen LogP contribution is -2.44. The van der Waals surface area contributed by atoms with Crippen molar-refractivity contribution >= 4 is 17.1 Å². The molecule has 1 aliphatic heterocycles. The van der Waals surface area contributed by atoms with Crippen LogP contribution in [0.4, 0.5) is 36.7 Å². The van der Waals surface area contributed by atoms with Crippen LogP contribution in [-0.4, -0.2) is 73.3 Å². The highest BCUT2D eigenvalue weighted by atomic mass is 19.4. The third-order valence-corrected chi connectivity index (χ3v) is 4.45. The summed E-state index contributed by atoms with van der Waals surface area (Å²) < 4.78 is 101. The Bertz CT molecular complexity index is 1040. The van der Waals surface area contributed by atoms with E-state index in [0.29, 0.717) is 0 Å². The second-order valence-corrected chi connectivity index (χ2v) is 6.53. The summed E-state index contributed by atoms with van der Waals surface area (Å²) in [6.07, 6.45) is -24.0. The van der Waals surface area contributed by atoms with Gasteiger partial charge in [0.2, 0.25) is 11.8 Å². The maximum absolute atomic E-state index is 14.3. The van der Waals surface area contributed by atoms with Crippen molar-refractivity contribution in [1.29, 1.82) is 0 Å². The number of hydrogen-bond acceptors (Lipinski definition) is 8. The van der Waals surface area contributed by atoms with E-state index in [1.807, 2.05) is 0 Å². The molecule has 3 heterocycles. The monoisotopic (exact) mass is 465 g/mol. The lowest BCUT2D eigenvalue weighted by Gasteiger charge is -2.22. The van der Waals surface area contributed by atoms with Crippen LogP contribution in [0, 0.1) is 0 Å². The van der Waals surface area contributed by atoms with Gasteiger partial charge in [0, 0.05) is 0 Å². The second kappa shape index (κ2) is 7.49. The fraction of sp³-hybridized carbons (Fsp3) is 0.643. The van der Waals surface area contributed by atoms with Crippen molar-refractivity contribution in [3.05, 3.63) is 10.5 Å². The Morgan fingerprint density at radius 1 is 1.26 bits per heavy atom. The Balaban J connectivity index is 2.22. The fourth-order valence-electron chi connectivity index (χ4n) is 3.17. The van der Waals surface area contributed by atoms with Gasteiger partial charge in [-0.2, -0.15) is 36.3 Å². The number of nitrogens with two attached hydrogens (primary N) is 1. The van der Waals surface area contributed by atoms with Gasteiger partial charge in [-0.1, -0.05) is 0 Å². The number of anilines is 1. The molecule has 5 atom stereocenters. The molecule has 0 saturated carbocycles. The van der Waals surface area contributed by atoms with Crippen molar-refractivity contribution in [3.63, 3.8) is 0 Å². The van der Waals surface area contributed by atoms with Gasteiger partial charge in [0.1, 0.15) is 18.8 Å². The molecule has 1 aliphatic rings. The first-order valence-electron chi connectivity index (χ1n) is 8.28. The van der Waals surface area contributed by atoms with Crippen LogP contribution in [0.25, 0.3) is 11.2 Å². The zero-order valence-electron chi connectivity index (χ0n) is 15.2. The number of aliphatic hydroxyl groups is 2. The molecule has 2 aromatic rings. The minimum Gasteiger partial charge on any atom is -0.479 e. The van der Waals surface area contributed by atoms with E-state index in [2.05, 4.69) is 9.97 Å². The third kappa shape index (κ3) is 3.99. The van der Waals surface area contributed by atoms with Gasteiger partial charge in [-0.25, -0.2) is 13.8 Å². The molecule has 10 nitrogen and oxygen atoms in total. The summed E-state index contributed by atoms with van der Waals surface area (Å²) in [5, 5.41) is 19.3. The smallest absolute Gasteiger partial charge is 0.417 e. The van der Waals surface area contributed by atoms with Crippen LogP contribution in [0.2, 0.25) is 0 Å². The first-order chi connectivity index (χ1) is 14.2. The van der Waals surface area contributed by atoms with Gasteiger partial charge in [0.25, 0.3) is 0 Å². The Kier molecular flexibility index (Phi) is 5.56. The van der Waals surface area contributed by atoms with Gasteiger partial charge in [-0.3, -0.25) is 4.57 Å². The minimum atomic E-state index is -5.35. The number of aromatic nitrogens is 4. The summed E-state index contributed by atoms with van der Waals surface area (Å²) in [6.45, 7) is -1.91. The Labute approximate surface area is 166 Å². The number of nitrogen functional groups attached to an aromatic ring is 1. The predicted octanol–water partition coefficient (Wildman–Crippen LogP) is 0.266. The largest absolute Gasteiger partial charge is 0.479 e. The topological polar surface area (TPSA) is 138 Å². The van der Waals surface area contributed by atoms with E-state index in [0.717, 1.165) is 7.11 Å². The normalized spacial score (nSPS) is 25.9. The van der Waals surface area contributed by atoms with Crippen molar-refractivity contribution < 1.29 is 50.4 Å². The van der Waals surface area contributed by atoms with Crippen LogP contribution in [-0.2, 0) is 11.3 Å². The molecule has 0 unspecified atom stereocenters. The second-order valence-electron chi connectivity index (χ2n) is 6.53. The molecule has 1 saturated heterocycles. The van der Waals surface area contributed by atoms with E-state index in [1.54, 1.807) is 0 Å². The molecule has 17 heteroatoms. The van der Waals surface area contributed by atoms with Crippen LogP contribution in [0.5, 0.6) is 5.88 Å². The number of ether oxygens (including phenoxy) is 2. The zero-order valence-corrected chi connectivity index (χ0v) is 15.2. The van der Waals surface area contributed by atoms with Crippen LogP contribution < -0.4 is 16.2 Å². The van der Waals surface area contributed by atoms with Crippen molar-refractivity contribution in [3.8, 4) is 5.88 Å². The van der Waals surface area contributed by atoms with E-state index < -0.39 is 78.3 Å². The van der Waals surface area contributed by atoms with E-state index in [4.69, 9.17) is 15.2 Å². The molecule has 0 amide bonds. The maximum atomic E-state index is 14.3. The van der Waals surface area contributed by atoms with Crippen LogP contribution in [0.1, 0.15) is 6.23 Å². The van der Waals surface area contributed by atoms with E-state index in [1.165, 1.54) is 0 Å². The van der Waals surface area contributed by atoms with Gasteiger partial charge < -0.3 is 25.4 Å². The number of hydrogen-bond donors (Lipinski definition) is 3. The fourth-order valence-corrected chi connectivity index (χ4v) is 3.17. The van der Waals surface area contributed by atoms with Crippen LogP contribution in [0.3, 0.4) is 0 Å². The van der Waals surface area contributed by atoms with Gasteiger partial charge in [0.05, 0.1) is 7.11 Å². The minimum absolute atomic E-state index is 0.0600. The van der Waals surface area contributed by atoms with Crippen LogP contribution >= 0.6 is 0 Å². The van der Waals surface area contributed by atoms with E-state index in [9.17, 15) is 45.7 Å². The summed E-state index contributed by atoms with van der Waals surface area (Å²) in [6, 6.07) is 0. The lowest BCUT2D eigenvalue weighted by atomic mass is 10.1. The van der Waals surface area contributed by atoms with Gasteiger partial charge >= 0.3 is 18.0 Å². The SMILES string of the molecule is COc1nc(N)nc2c1n(CC(F)(F)F)c(=O)n2[C@@H]1O[C@H]([C@@H](O)C(F)(F)F)[C@H](F)[C@H]1O. The summed E-state index contributed by atoms with van der Waals surface area (Å²) >= 11 is 0. The molecule has 2 aromatic heterocycles. The standard InChI is InChI=1S/C14H14F7N5O5/c1-30-9-4-8(23-11(22)24-9)26(12(29)25(4)2-13(16,17)18)10-5(27)3(15)6(31-10)7(28)14(19,20)21/h3,5-7,10,27-28H,2H2,1H3,(H2,22,23,24)/t3-,5-,6+,7-,10-/m1/s1. The molecule has 1 fully saturated rings. The number of fused-ring (bicyclic) bond motifs is 1. The molecule has 4 N–H and O–H groups in total. The third-order valence-electron chi connectivity index (χ3n) is 4.45. The number of rotatable bonds is 4. The first-order valence-corrected chi connectivity index (χ1v) is 8.28. The number of nitrogens with zero attached hydrogens (tertiary/aromatic N) is 4. The van der Waals surface area contributed by atoms with Crippen molar-refractivity contribution in [1.82, 2.24) is 19.1 Å².